The van der Waals surface area contributed by atoms with Crippen LogP contribution in [0.25, 0.3) is 0 Å². The van der Waals surface area contributed by atoms with Gasteiger partial charge in [0.15, 0.2) is 0 Å². The normalized spacial score (nSPS) is 17.7. The topological polar surface area (TPSA) is 0 Å². The van der Waals surface area contributed by atoms with Crippen LogP contribution in [0.5, 0.6) is 0 Å². The smallest absolute Gasteiger partial charge is 1.00 e. The van der Waals surface area contributed by atoms with E-state index in [-0.39, 0.29) is 47.9 Å². The quantitative estimate of drug-likeness (QED) is 0.346. The van der Waals surface area contributed by atoms with Crippen LogP contribution in [0, 0.1) is 5.92 Å². The fourth-order valence-electron chi connectivity index (χ4n) is 1.31. The Morgan fingerprint density at radius 2 is 1.30 bits per heavy atom. The van der Waals surface area contributed by atoms with E-state index in [1.165, 1.54) is 32.1 Å². The van der Waals surface area contributed by atoms with Crippen molar-refractivity contribution in [3.8, 4) is 0 Å². The Bertz CT molecular complexity index is 53.6. The third-order valence-electron chi connectivity index (χ3n) is 1.89. The predicted octanol–water partition coefficient (Wildman–Crippen LogP) is -3.79. The molecule has 1 fully saturated rings. The van der Waals surface area contributed by atoms with Crippen molar-refractivity contribution >= 4 is 23.1 Å². The first kappa shape index (κ1) is 17.4. The van der Waals surface area contributed by atoms with Crippen LogP contribution in [0.15, 0.2) is 0 Å². The minimum absolute atomic E-state index is 0. The zero-order valence-electron chi connectivity index (χ0n) is 6.58. The second-order valence-electron chi connectivity index (χ2n) is 2.74. The molecule has 0 spiro atoms. The van der Waals surface area contributed by atoms with E-state index >= 15 is 0 Å². The van der Waals surface area contributed by atoms with E-state index in [9.17, 15) is 0 Å². The van der Waals surface area contributed by atoms with E-state index in [2.05, 4.69) is 6.92 Å². The summed E-state index contributed by atoms with van der Waals surface area (Å²) in [6.07, 6.45) is 7.44. The SMILES string of the molecule is CC1CCCCC1.[Cl-].[Cl-].[Mg+2]. The Labute approximate surface area is 92.5 Å². The van der Waals surface area contributed by atoms with Gasteiger partial charge in [-0.15, -0.1) is 0 Å². The molecule has 0 bridgehead atoms. The van der Waals surface area contributed by atoms with Crippen molar-refractivity contribution in [2.45, 2.75) is 39.0 Å². The van der Waals surface area contributed by atoms with Gasteiger partial charge in [-0.05, 0) is 5.92 Å². The molecule has 0 aliphatic heterocycles. The van der Waals surface area contributed by atoms with Gasteiger partial charge < -0.3 is 24.8 Å². The number of rotatable bonds is 0. The fraction of sp³-hybridized carbons (Fsp3) is 1.00. The Morgan fingerprint density at radius 1 is 0.900 bits per heavy atom. The van der Waals surface area contributed by atoms with Gasteiger partial charge in [-0.2, -0.15) is 0 Å². The van der Waals surface area contributed by atoms with E-state index in [4.69, 9.17) is 0 Å². The van der Waals surface area contributed by atoms with Crippen LogP contribution in [0.1, 0.15) is 39.0 Å². The number of hydrogen-bond acceptors (Lipinski definition) is 0. The second-order valence-corrected chi connectivity index (χ2v) is 2.74. The molecule has 0 nitrogen and oxygen atoms in total. The molecule has 0 aromatic heterocycles. The maximum Gasteiger partial charge on any atom is 2.00 e. The number of hydrogen-bond donors (Lipinski definition) is 0. The van der Waals surface area contributed by atoms with E-state index in [0.717, 1.165) is 5.92 Å². The first-order valence-electron chi connectivity index (χ1n) is 3.39. The Hall–Kier alpha value is 1.35. The van der Waals surface area contributed by atoms with Crippen molar-refractivity contribution in [1.29, 1.82) is 0 Å². The summed E-state index contributed by atoms with van der Waals surface area (Å²) in [5.41, 5.74) is 0. The maximum absolute atomic E-state index is 2.36. The van der Waals surface area contributed by atoms with Gasteiger partial charge in [0.05, 0.1) is 0 Å². The molecular formula is C7H14Cl2Mg. The predicted molar refractivity (Wildman–Crippen MR) is 38.0 cm³/mol. The molecular weight excluding hydrogens is 179 g/mol. The van der Waals surface area contributed by atoms with E-state index in [0.29, 0.717) is 0 Å². The Morgan fingerprint density at radius 3 is 1.50 bits per heavy atom. The standard InChI is InChI=1S/C7H14.2ClH.Mg/c1-7-5-3-2-4-6-7;;;/h7H,2-6H2,1H3;2*1H;/q;;;+2/p-2. The third kappa shape index (κ3) is 7.45. The molecule has 0 aromatic rings. The summed E-state index contributed by atoms with van der Waals surface area (Å²) in [5, 5.41) is 0. The summed E-state index contributed by atoms with van der Waals surface area (Å²) in [7, 11) is 0. The van der Waals surface area contributed by atoms with Gasteiger partial charge in [-0.1, -0.05) is 39.0 Å². The van der Waals surface area contributed by atoms with Gasteiger partial charge in [-0.25, -0.2) is 0 Å². The summed E-state index contributed by atoms with van der Waals surface area (Å²) in [4.78, 5) is 0. The van der Waals surface area contributed by atoms with Crippen LogP contribution in [0.3, 0.4) is 0 Å². The van der Waals surface area contributed by atoms with Crippen molar-refractivity contribution in [3.05, 3.63) is 0 Å². The first-order chi connectivity index (χ1) is 3.39. The van der Waals surface area contributed by atoms with Crippen molar-refractivity contribution in [2.24, 2.45) is 5.92 Å². The van der Waals surface area contributed by atoms with Crippen LogP contribution in [0.2, 0.25) is 0 Å². The van der Waals surface area contributed by atoms with Crippen molar-refractivity contribution < 1.29 is 24.8 Å². The zero-order valence-corrected chi connectivity index (χ0v) is 9.50. The maximum atomic E-state index is 2.36. The van der Waals surface area contributed by atoms with Crippen LogP contribution in [-0.4, -0.2) is 23.1 Å². The second kappa shape index (κ2) is 10.3. The average molecular weight is 193 g/mol. The van der Waals surface area contributed by atoms with Crippen LogP contribution in [-0.2, 0) is 0 Å². The molecule has 0 radical (unpaired) electrons. The number of halogens is 2. The molecule has 10 heavy (non-hydrogen) atoms. The van der Waals surface area contributed by atoms with E-state index < -0.39 is 0 Å². The van der Waals surface area contributed by atoms with Gasteiger partial charge >= 0.3 is 23.1 Å². The largest absolute Gasteiger partial charge is 2.00 e. The molecule has 3 heteroatoms. The fourth-order valence-corrected chi connectivity index (χ4v) is 1.31. The molecule has 0 unspecified atom stereocenters. The average Bonchev–Trinajstić information content (AvgIpc) is 1.69. The Kier molecular flexibility index (Phi) is 18.0. The third-order valence-corrected chi connectivity index (χ3v) is 1.89. The van der Waals surface area contributed by atoms with Crippen LogP contribution < -0.4 is 24.8 Å². The van der Waals surface area contributed by atoms with Gasteiger partial charge in [0, 0.05) is 0 Å². The minimum Gasteiger partial charge on any atom is -1.00 e. The van der Waals surface area contributed by atoms with Crippen molar-refractivity contribution in [1.82, 2.24) is 0 Å². The van der Waals surface area contributed by atoms with Gasteiger partial charge in [0.25, 0.3) is 0 Å². The van der Waals surface area contributed by atoms with Gasteiger partial charge in [0.1, 0.15) is 0 Å². The minimum atomic E-state index is 0. The van der Waals surface area contributed by atoms with Crippen LogP contribution >= 0.6 is 0 Å². The zero-order chi connectivity index (χ0) is 5.11. The molecule has 1 rings (SSSR count). The molecule has 58 valence electrons. The summed E-state index contributed by atoms with van der Waals surface area (Å²) < 4.78 is 0. The molecule has 1 saturated carbocycles. The van der Waals surface area contributed by atoms with E-state index in [1.807, 2.05) is 0 Å². The summed E-state index contributed by atoms with van der Waals surface area (Å²) >= 11 is 0. The van der Waals surface area contributed by atoms with Gasteiger partial charge in [0.2, 0.25) is 0 Å². The molecule has 0 aromatic carbocycles. The first-order valence-corrected chi connectivity index (χ1v) is 3.39. The Balaban J connectivity index is -0.000000163. The molecule has 0 N–H and O–H groups in total. The molecule has 1 aliphatic carbocycles. The van der Waals surface area contributed by atoms with Crippen molar-refractivity contribution in [3.63, 3.8) is 0 Å². The molecule has 1 aliphatic rings. The van der Waals surface area contributed by atoms with Gasteiger partial charge in [-0.3, -0.25) is 0 Å². The summed E-state index contributed by atoms with van der Waals surface area (Å²) in [6.45, 7) is 2.36. The monoisotopic (exact) mass is 192 g/mol. The molecule has 0 heterocycles. The summed E-state index contributed by atoms with van der Waals surface area (Å²) in [5.74, 6) is 1.04. The van der Waals surface area contributed by atoms with E-state index in [1.54, 1.807) is 0 Å². The molecule has 0 saturated heterocycles. The molecule has 0 atom stereocenters. The summed E-state index contributed by atoms with van der Waals surface area (Å²) in [6, 6.07) is 0. The molecule has 0 amide bonds. The van der Waals surface area contributed by atoms with Crippen LogP contribution in [0.4, 0.5) is 0 Å². The van der Waals surface area contributed by atoms with Crippen molar-refractivity contribution in [2.75, 3.05) is 0 Å².